The molecule has 0 atom stereocenters. The van der Waals surface area contributed by atoms with Gasteiger partial charge in [-0.3, -0.25) is 0 Å². The third-order valence-electron chi connectivity index (χ3n) is 1.99. The first kappa shape index (κ1) is 10.0. The predicted octanol–water partition coefficient (Wildman–Crippen LogP) is 4.18. The van der Waals surface area contributed by atoms with Crippen LogP contribution in [0.3, 0.4) is 0 Å². The van der Waals surface area contributed by atoms with E-state index >= 15 is 0 Å². The topological polar surface area (TPSA) is 0 Å². The smallest absolute Gasteiger partial charge is 0.0163 e. The molecule has 2 aliphatic carbocycles. The second kappa shape index (κ2) is 7.60. The minimum Gasteiger partial charge on any atom is -0.0882 e. The third kappa shape index (κ3) is 6.15. The lowest BCUT2D eigenvalue weighted by Crippen LogP contribution is -1.71. The Kier molecular flexibility index (Phi) is 5.87. The van der Waals surface area contributed by atoms with Crippen LogP contribution in [-0.4, -0.2) is 0 Å². The van der Waals surface area contributed by atoms with E-state index in [0.29, 0.717) is 0 Å². The molecular formula is C13H18. The molecule has 0 aromatic heterocycles. The molecule has 13 heavy (non-hydrogen) atoms. The van der Waals surface area contributed by atoms with Crippen LogP contribution in [0.25, 0.3) is 0 Å². The lowest BCUT2D eigenvalue weighted by atomic mass is 10.1. The Morgan fingerprint density at radius 1 is 0.462 bits per heavy atom. The van der Waals surface area contributed by atoms with Crippen LogP contribution in [0.2, 0.25) is 0 Å². The second-order valence-corrected chi connectivity index (χ2v) is 3.19. The van der Waals surface area contributed by atoms with Crippen LogP contribution in [0, 0.1) is 0 Å². The fraction of sp³-hybridized carbons (Fsp3) is 0.385. The van der Waals surface area contributed by atoms with Crippen molar-refractivity contribution in [3.8, 4) is 0 Å². The summed E-state index contributed by atoms with van der Waals surface area (Å²) >= 11 is 0. The van der Waals surface area contributed by atoms with Gasteiger partial charge in [0, 0.05) is 0 Å². The highest BCUT2D eigenvalue weighted by Gasteiger charge is 1.81. The molecule has 0 aliphatic heterocycles. The highest BCUT2D eigenvalue weighted by Crippen LogP contribution is 2.02. The average molecular weight is 174 g/mol. The van der Waals surface area contributed by atoms with E-state index in [2.05, 4.69) is 48.6 Å². The fourth-order valence-corrected chi connectivity index (χ4v) is 1.25. The Morgan fingerprint density at radius 3 is 1.08 bits per heavy atom. The van der Waals surface area contributed by atoms with Crippen molar-refractivity contribution in [2.24, 2.45) is 0 Å². The molecule has 0 nitrogen and oxygen atoms in total. The highest BCUT2D eigenvalue weighted by atomic mass is 13.9. The van der Waals surface area contributed by atoms with Gasteiger partial charge in [0.1, 0.15) is 0 Å². The van der Waals surface area contributed by atoms with Crippen molar-refractivity contribution in [2.45, 2.75) is 32.1 Å². The first-order valence-corrected chi connectivity index (χ1v) is 5.12. The standard InChI is InChI=1S/C8H12.C5H6/c1-2-4-6-8-7-5-3-1;1-2-4-5-3-1/h1-2,7-8H,3-6H2;1-4H,5H2. The van der Waals surface area contributed by atoms with Gasteiger partial charge in [0.05, 0.1) is 0 Å². The van der Waals surface area contributed by atoms with Crippen LogP contribution in [-0.2, 0) is 0 Å². The molecule has 2 rings (SSSR count). The van der Waals surface area contributed by atoms with Crippen molar-refractivity contribution >= 4 is 0 Å². The van der Waals surface area contributed by atoms with Crippen LogP contribution < -0.4 is 0 Å². The number of rotatable bonds is 0. The van der Waals surface area contributed by atoms with E-state index in [1.807, 2.05) is 0 Å². The van der Waals surface area contributed by atoms with Gasteiger partial charge in [-0.25, -0.2) is 0 Å². The van der Waals surface area contributed by atoms with Crippen LogP contribution in [0.4, 0.5) is 0 Å². The first-order valence-electron chi connectivity index (χ1n) is 5.12. The lowest BCUT2D eigenvalue weighted by molar-refractivity contribution is 0.962. The summed E-state index contributed by atoms with van der Waals surface area (Å²) in [6, 6.07) is 0. The molecule has 0 heteroatoms. The maximum absolute atomic E-state index is 2.27. The zero-order valence-corrected chi connectivity index (χ0v) is 8.15. The zero-order valence-electron chi connectivity index (χ0n) is 8.15. The number of hydrogen-bond acceptors (Lipinski definition) is 0. The molecule has 0 N–H and O–H groups in total. The van der Waals surface area contributed by atoms with Gasteiger partial charge in [-0.2, -0.15) is 0 Å². The van der Waals surface area contributed by atoms with Gasteiger partial charge < -0.3 is 0 Å². The number of hydrogen-bond donors (Lipinski definition) is 0. The van der Waals surface area contributed by atoms with Crippen LogP contribution in [0.1, 0.15) is 32.1 Å². The highest BCUT2D eigenvalue weighted by molar-refractivity contribution is 5.11. The summed E-state index contributed by atoms with van der Waals surface area (Å²) in [6.07, 6.45) is 23.5. The summed E-state index contributed by atoms with van der Waals surface area (Å²) in [4.78, 5) is 0. The van der Waals surface area contributed by atoms with E-state index in [0.717, 1.165) is 6.42 Å². The van der Waals surface area contributed by atoms with Gasteiger partial charge in [-0.1, -0.05) is 48.6 Å². The monoisotopic (exact) mass is 174 g/mol. The van der Waals surface area contributed by atoms with Gasteiger partial charge in [0.2, 0.25) is 0 Å². The normalized spacial score (nSPS) is 19.1. The Hall–Kier alpha value is -1.04. The summed E-state index contributed by atoms with van der Waals surface area (Å²) in [6.45, 7) is 0. The van der Waals surface area contributed by atoms with E-state index in [1.165, 1.54) is 25.7 Å². The lowest BCUT2D eigenvalue weighted by Gasteiger charge is -1.92. The van der Waals surface area contributed by atoms with E-state index in [4.69, 9.17) is 0 Å². The summed E-state index contributed by atoms with van der Waals surface area (Å²) in [7, 11) is 0. The fourth-order valence-electron chi connectivity index (χ4n) is 1.25. The zero-order chi connectivity index (χ0) is 9.19. The maximum Gasteiger partial charge on any atom is -0.0163 e. The molecule has 0 heterocycles. The maximum atomic E-state index is 2.27. The van der Waals surface area contributed by atoms with E-state index in [-0.39, 0.29) is 0 Å². The minimum absolute atomic E-state index is 1.14. The Bertz CT molecular complexity index is 180. The molecular weight excluding hydrogens is 156 g/mol. The SMILES string of the molecule is C1=CCC=C1.C1=CCCC=CCC1. The molecule has 70 valence electrons. The Labute approximate surface area is 81.4 Å². The van der Waals surface area contributed by atoms with E-state index in [1.54, 1.807) is 0 Å². The molecule has 0 radical (unpaired) electrons. The first-order chi connectivity index (χ1) is 6.50. The Balaban J connectivity index is 0.000000145. The van der Waals surface area contributed by atoms with E-state index < -0.39 is 0 Å². The van der Waals surface area contributed by atoms with E-state index in [9.17, 15) is 0 Å². The molecule has 0 aromatic carbocycles. The minimum atomic E-state index is 1.14. The molecule has 0 saturated carbocycles. The van der Waals surface area contributed by atoms with Gasteiger partial charge in [0.25, 0.3) is 0 Å². The second-order valence-electron chi connectivity index (χ2n) is 3.19. The largest absolute Gasteiger partial charge is 0.0882 e. The quantitative estimate of drug-likeness (QED) is 0.483. The third-order valence-corrected chi connectivity index (χ3v) is 1.99. The van der Waals surface area contributed by atoms with Crippen molar-refractivity contribution in [1.82, 2.24) is 0 Å². The van der Waals surface area contributed by atoms with Gasteiger partial charge in [-0.15, -0.1) is 0 Å². The van der Waals surface area contributed by atoms with Crippen LogP contribution in [0.15, 0.2) is 48.6 Å². The Morgan fingerprint density at radius 2 is 0.846 bits per heavy atom. The summed E-state index contributed by atoms with van der Waals surface area (Å²) in [5, 5.41) is 0. The summed E-state index contributed by atoms with van der Waals surface area (Å²) in [5.74, 6) is 0. The predicted molar refractivity (Wildman–Crippen MR) is 59.6 cm³/mol. The van der Waals surface area contributed by atoms with Crippen LogP contribution >= 0.6 is 0 Å². The van der Waals surface area contributed by atoms with Crippen molar-refractivity contribution in [3.63, 3.8) is 0 Å². The average Bonchev–Trinajstić information content (AvgIpc) is 2.58. The van der Waals surface area contributed by atoms with Crippen molar-refractivity contribution in [3.05, 3.63) is 48.6 Å². The van der Waals surface area contributed by atoms with Gasteiger partial charge >= 0.3 is 0 Å². The van der Waals surface area contributed by atoms with Crippen molar-refractivity contribution in [2.75, 3.05) is 0 Å². The molecule has 0 unspecified atom stereocenters. The van der Waals surface area contributed by atoms with Crippen molar-refractivity contribution in [1.29, 1.82) is 0 Å². The van der Waals surface area contributed by atoms with Gasteiger partial charge in [-0.05, 0) is 32.1 Å². The molecule has 0 aromatic rings. The van der Waals surface area contributed by atoms with Crippen molar-refractivity contribution < 1.29 is 0 Å². The summed E-state index contributed by atoms with van der Waals surface area (Å²) in [5.41, 5.74) is 0. The molecule has 0 amide bonds. The van der Waals surface area contributed by atoms with Crippen LogP contribution in [0.5, 0.6) is 0 Å². The molecule has 0 fully saturated rings. The molecule has 0 saturated heterocycles. The molecule has 0 bridgehead atoms. The molecule has 2 aliphatic rings. The summed E-state index contributed by atoms with van der Waals surface area (Å²) < 4.78 is 0. The molecule has 0 spiro atoms. The number of allylic oxidation sites excluding steroid dienone is 8. The van der Waals surface area contributed by atoms with Gasteiger partial charge in [0.15, 0.2) is 0 Å².